The highest BCUT2D eigenvalue weighted by Gasteiger charge is 2.26. The number of hydrogen-bond donors (Lipinski definition) is 0. The Balaban J connectivity index is 2.14. The van der Waals surface area contributed by atoms with Crippen LogP contribution in [0.25, 0.3) is 0 Å². The highest BCUT2D eigenvalue weighted by Crippen LogP contribution is 2.35. The molecule has 0 spiro atoms. The minimum Gasteiger partial charge on any atom is -0.249 e. The molecule has 3 nitrogen and oxygen atoms in total. The van der Waals surface area contributed by atoms with Gasteiger partial charge in [-0.05, 0) is 25.7 Å². The predicted molar refractivity (Wildman–Crippen MR) is 68.7 cm³/mol. The first-order valence-corrected chi connectivity index (χ1v) is 7.19. The minimum atomic E-state index is 0.296. The van der Waals surface area contributed by atoms with Crippen molar-refractivity contribution in [3.05, 3.63) is 11.9 Å². The minimum absolute atomic E-state index is 0.296. The fourth-order valence-corrected chi connectivity index (χ4v) is 2.86. The van der Waals surface area contributed by atoms with Crippen LogP contribution in [0.3, 0.4) is 0 Å². The van der Waals surface area contributed by atoms with Crippen molar-refractivity contribution in [1.82, 2.24) is 15.0 Å². The van der Waals surface area contributed by atoms with Crippen molar-refractivity contribution in [2.75, 3.05) is 0 Å². The van der Waals surface area contributed by atoms with Crippen LogP contribution in [0, 0.1) is 5.92 Å². The Hall–Kier alpha value is -0.380. The number of alkyl halides is 1. The third-order valence-electron chi connectivity index (χ3n) is 3.67. The number of hydrogen-bond acceptors (Lipinski definition) is 2. The summed E-state index contributed by atoms with van der Waals surface area (Å²) in [6.07, 6.45) is 8.69. The molecule has 3 unspecified atom stereocenters. The van der Waals surface area contributed by atoms with Gasteiger partial charge in [-0.3, -0.25) is 0 Å². The summed E-state index contributed by atoms with van der Waals surface area (Å²) in [7, 11) is 0. The topological polar surface area (TPSA) is 30.7 Å². The van der Waals surface area contributed by atoms with Gasteiger partial charge in [0.1, 0.15) is 0 Å². The molecule has 0 amide bonds. The van der Waals surface area contributed by atoms with E-state index in [-0.39, 0.29) is 0 Å². The summed E-state index contributed by atoms with van der Waals surface area (Å²) in [5.41, 5.74) is 1.04. The Morgan fingerprint density at radius 2 is 2.25 bits per heavy atom. The van der Waals surface area contributed by atoms with Crippen LogP contribution in [0.5, 0.6) is 0 Å². The van der Waals surface area contributed by atoms with Crippen LogP contribution in [0.2, 0.25) is 0 Å². The normalized spacial score (nSPS) is 27.9. The molecule has 1 heterocycles. The largest absolute Gasteiger partial charge is 0.249 e. The molecule has 0 bridgehead atoms. The van der Waals surface area contributed by atoms with E-state index in [1.165, 1.54) is 32.1 Å². The summed E-state index contributed by atoms with van der Waals surface area (Å²) >= 11 is 3.54. The second-order valence-corrected chi connectivity index (χ2v) is 6.13. The van der Waals surface area contributed by atoms with Gasteiger partial charge < -0.3 is 0 Å². The summed E-state index contributed by atoms with van der Waals surface area (Å²) in [6.45, 7) is 4.38. The Labute approximate surface area is 106 Å². The predicted octanol–water partition coefficient (Wildman–Crippen LogP) is 3.88. The lowest BCUT2D eigenvalue weighted by atomic mass is 9.83. The molecule has 4 heteroatoms. The van der Waals surface area contributed by atoms with Gasteiger partial charge in [-0.1, -0.05) is 47.3 Å². The number of halogens is 1. The lowest BCUT2D eigenvalue weighted by Crippen LogP contribution is -2.23. The van der Waals surface area contributed by atoms with Crippen LogP contribution < -0.4 is 0 Å². The van der Waals surface area contributed by atoms with Crippen molar-refractivity contribution in [2.24, 2.45) is 5.92 Å². The molecule has 1 saturated carbocycles. The standard InChI is InChI=1S/C12H20BrN3/c1-3-10-6-4-5-7-12(10)16-8-11(9(2)13)14-15-16/h8-10,12H,3-7H2,1-2H3. The number of aromatic nitrogens is 3. The number of nitrogens with zero attached hydrogens (tertiary/aromatic N) is 3. The maximum Gasteiger partial charge on any atom is 0.0960 e. The van der Waals surface area contributed by atoms with Gasteiger partial charge in [0.2, 0.25) is 0 Å². The molecule has 2 rings (SSSR count). The monoisotopic (exact) mass is 285 g/mol. The van der Waals surface area contributed by atoms with Crippen LogP contribution in [0.15, 0.2) is 6.20 Å². The molecule has 16 heavy (non-hydrogen) atoms. The molecule has 0 radical (unpaired) electrons. The van der Waals surface area contributed by atoms with Crippen molar-refractivity contribution in [3.63, 3.8) is 0 Å². The first-order valence-electron chi connectivity index (χ1n) is 6.28. The zero-order chi connectivity index (χ0) is 11.5. The highest BCUT2D eigenvalue weighted by atomic mass is 79.9. The second-order valence-electron chi connectivity index (χ2n) is 4.76. The fraction of sp³-hybridized carbons (Fsp3) is 0.833. The van der Waals surface area contributed by atoms with E-state index in [0.29, 0.717) is 10.9 Å². The molecule has 90 valence electrons. The van der Waals surface area contributed by atoms with Crippen LogP contribution in [0.4, 0.5) is 0 Å². The number of rotatable bonds is 3. The van der Waals surface area contributed by atoms with Crippen molar-refractivity contribution in [2.45, 2.75) is 56.8 Å². The van der Waals surface area contributed by atoms with E-state index >= 15 is 0 Å². The third-order valence-corrected chi connectivity index (χ3v) is 4.14. The molecule has 0 aromatic carbocycles. The van der Waals surface area contributed by atoms with Crippen molar-refractivity contribution >= 4 is 15.9 Å². The molecule has 0 aliphatic heterocycles. The summed E-state index contributed by atoms with van der Waals surface area (Å²) in [6, 6.07) is 0.575. The van der Waals surface area contributed by atoms with Gasteiger partial charge >= 0.3 is 0 Å². The summed E-state index contributed by atoms with van der Waals surface area (Å²) in [5, 5.41) is 8.52. The van der Waals surface area contributed by atoms with Gasteiger partial charge in [-0.15, -0.1) is 5.10 Å². The summed E-state index contributed by atoms with van der Waals surface area (Å²) in [4.78, 5) is 0.296. The Kier molecular flexibility index (Phi) is 4.00. The molecule has 1 aliphatic rings. The zero-order valence-corrected chi connectivity index (χ0v) is 11.7. The van der Waals surface area contributed by atoms with Gasteiger partial charge in [0.05, 0.1) is 16.6 Å². The second kappa shape index (κ2) is 5.30. The third kappa shape index (κ3) is 2.47. The van der Waals surface area contributed by atoms with Gasteiger partial charge in [-0.2, -0.15) is 0 Å². The molecule has 0 N–H and O–H groups in total. The quantitative estimate of drug-likeness (QED) is 0.790. The Bertz CT molecular complexity index is 335. The van der Waals surface area contributed by atoms with Gasteiger partial charge in [0, 0.05) is 6.20 Å². The summed E-state index contributed by atoms with van der Waals surface area (Å²) in [5.74, 6) is 0.786. The first kappa shape index (κ1) is 12.1. The zero-order valence-electron chi connectivity index (χ0n) is 10.1. The van der Waals surface area contributed by atoms with E-state index in [1.54, 1.807) is 0 Å². The average molecular weight is 286 g/mol. The lowest BCUT2D eigenvalue weighted by molar-refractivity contribution is 0.214. The first-order chi connectivity index (χ1) is 7.72. The molecule has 1 aromatic heterocycles. The highest BCUT2D eigenvalue weighted by molar-refractivity contribution is 9.09. The average Bonchev–Trinajstić information content (AvgIpc) is 2.78. The van der Waals surface area contributed by atoms with E-state index in [0.717, 1.165) is 11.6 Å². The Morgan fingerprint density at radius 3 is 2.88 bits per heavy atom. The lowest BCUT2D eigenvalue weighted by Gasteiger charge is -2.30. The molecule has 1 fully saturated rings. The van der Waals surface area contributed by atoms with Crippen LogP contribution >= 0.6 is 15.9 Å². The molecular weight excluding hydrogens is 266 g/mol. The summed E-state index contributed by atoms with van der Waals surface area (Å²) < 4.78 is 2.10. The van der Waals surface area contributed by atoms with E-state index < -0.39 is 0 Å². The molecule has 0 saturated heterocycles. The fourth-order valence-electron chi connectivity index (χ4n) is 2.65. The Morgan fingerprint density at radius 1 is 1.50 bits per heavy atom. The van der Waals surface area contributed by atoms with Crippen molar-refractivity contribution in [1.29, 1.82) is 0 Å². The molecule has 3 atom stereocenters. The molecule has 1 aliphatic carbocycles. The van der Waals surface area contributed by atoms with Crippen molar-refractivity contribution < 1.29 is 0 Å². The van der Waals surface area contributed by atoms with Crippen LogP contribution in [-0.2, 0) is 0 Å². The molecular formula is C12H20BrN3. The maximum atomic E-state index is 4.30. The SMILES string of the molecule is CCC1CCCCC1n1cc(C(C)Br)nn1. The van der Waals surface area contributed by atoms with Gasteiger partial charge in [0.25, 0.3) is 0 Å². The molecule has 1 aromatic rings. The van der Waals surface area contributed by atoms with E-state index in [2.05, 4.69) is 51.0 Å². The van der Waals surface area contributed by atoms with Crippen molar-refractivity contribution in [3.8, 4) is 0 Å². The van der Waals surface area contributed by atoms with Crippen LogP contribution in [-0.4, -0.2) is 15.0 Å². The van der Waals surface area contributed by atoms with Gasteiger partial charge in [0.15, 0.2) is 0 Å². The smallest absolute Gasteiger partial charge is 0.0960 e. The maximum absolute atomic E-state index is 4.30. The van der Waals surface area contributed by atoms with Gasteiger partial charge in [-0.25, -0.2) is 4.68 Å². The van der Waals surface area contributed by atoms with E-state index in [9.17, 15) is 0 Å². The van der Waals surface area contributed by atoms with E-state index in [1.807, 2.05) is 0 Å². The van der Waals surface area contributed by atoms with Crippen LogP contribution in [0.1, 0.15) is 62.5 Å². The van der Waals surface area contributed by atoms with E-state index in [4.69, 9.17) is 0 Å².